The van der Waals surface area contributed by atoms with Crippen LogP contribution in [0.15, 0.2) is 24.3 Å². The summed E-state index contributed by atoms with van der Waals surface area (Å²) < 4.78 is 0. The highest BCUT2D eigenvalue weighted by molar-refractivity contribution is 5.93. The van der Waals surface area contributed by atoms with E-state index in [1.54, 1.807) is 12.1 Å². The summed E-state index contributed by atoms with van der Waals surface area (Å²) in [5, 5.41) is 9.82. The van der Waals surface area contributed by atoms with E-state index in [1.807, 2.05) is 12.1 Å². The summed E-state index contributed by atoms with van der Waals surface area (Å²) in [4.78, 5) is 13.9. The van der Waals surface area contributed by atoms with Crippen molar-refractivity contribution in [3.63, 3.8) is 0 Å². The molecule has 20 heavy (non-hydrogen) atoms. The molecule has 0 spiro atoms. The first-order chi connectivity index (χ1) is 9.67. The highest BCUT2D eigenvalue weighted by Crippen LogP contribution is 2.36. The number of carbonyl (C=O) groups excluding carboxylic acids is 1. The second kappa shape index (κ2) is 5.52. The third kappa shape index (κ3) is 2.57. The normalized spacial score (nSPS) is 29.4. The van der Waals surface area contributed by atoms with Crippen LogP contribution < -0.4 is 11.3 Å². The monoisotopic (exact) mass is 275 g/mol. The number of nitrogens with zero attached hydrogens (tertiary/aromatic N) is 1. The maximum absolute atomic E-state index is 11.4. The number of amides is 1. The van der Waals surface area contributed by atoms with Crippen LogP contribution in [0.4, 0.5) is 0 Å². The zero-order valence-corrected chi connectivity index (χ0v) is 11.5. The Balaban J connectivity index is 1.68. The van der Waals surface area contributed by atoms with Crippen molar-refractivity contribution in [2.45, 2.75) is 50.4 Å². The molecule has 1 aromatic carbocycles. The molecule has 5 heteroatoms. The van der Waals surface area contributed by atoms with Crippen LogP contribution >= 0.6 is 0 Å². The average Bonchev–Trinajstić information content (AvgIpc) is 2.70. The lowest BCUT2D eigenvalue weighted by molar-refractivity contribution is 0.0310. The number of hydrogen-bond acceptors (Lipinski definition) is 4. The number of nitrogen functional groups attached to an aromatic ring is 1. The molecule has 2 unspecified atom stereocenters. The number of aliphatic hydroxyl groups is 1. The van der Waals surface area contributed by atoms with Gasteiger partial charge in [-0.2, -0.15) is 0 Å². The summed E-state index contributed by atoms with van der Waals surface area (Å²) in [6.45, 7) is 0.895. The van der Waals surface area contributed by atoms with Crippen molar-refractivity contribution in [1.29, 1.82) is 0 Å². The Morgan fingerprint density at radius 2 is 1.85 bits per heavy atom. The van der Waals surface area contributed by atoms with Crippen LogP contribution in [0.5, 0.6) is 0 Å². The summed E-state index contributed by atoms with van der Waals surface area (Å²) in [5.74, 6) is 4.85. The van der Waals surface area contributed by atoms with Gasteiger partial charge in [-0.15, -0.1) is 0 Å². The fourth-order valence-corrected chi connectivity index (χ4v) is 3.56. The van der Waals surface area contributed by atoms with Crippen LogP contribution in [0.3, 0.4) is 0 Å². The maximum atomic E-state index is 11.4. The number of benzene rings is 1. The summed E-state index contributed by atoms with van der Waals surface area (Å²) >= 11 is 0. The number of hydrazine groups is 1. The molecule has 0 aliphatic carbocycles. The molecule has 1 amide bonds. The number of piperidine rings is 1. The number of aliphatic hydroxyl groups excluding tert-OH is 1. The van der Waals surface area contributed by atoms with Gasteiger partial charge >= 0.3 is 0 Å². The summed E-state index contributed by atoms with van der Waals surface area (Å²) in [7, 11) is 0. The summed E-state index contributed by atoms with van der Waals surface area (Å²) in [6, 6.07) is 8.59. The molecule has 5 nitrogen and oxygen atoms in total. The Morgan fingerprint density at radius 1 is 1.25 bits per heavy atom. The van der Waals surface area contributed by atoms with Gasteiger partial charge < -0.3 is 5.11 Å². The molecule has 0 aromatic heterocycles. The predicted octanol–water partition coefficient (Wildman–Crippen LogP) is 0.778. The lowest BCUT2D eigenvalue weighted by Crippen LogP contribution is -2.44. The molecule has 2 bridgehead atoms. The Bertz CT molecular complexity index is 474. The highest BCUT2D eigenvalue weighted by Gasteiger charge is 2.39. The van der Waals surface area contributed by atoms with E-state index < -0.39 is 0 Å². The van der Waals surface area contributed by atoms with Crippen LogP contribution in [0, 0.1) is 0 Å². The first kappa shape index (κ1) is 13.5. The largest absolute Gasteiger partial charge is 0.393 e. The van der Waals surface area contributed by atoms with Crippen molar-refractivity contribution in [2.75, 3.05) is 0 Å². The number of nitrogens with two attached hydrogens (primary N) is 1. The number of carbonyl (C=O) groups is 1. The molecule has 2 aliphatic heterocycles. The quantitative estimate of drug-likeness (QED) is 0.433. The van der Waals surface area contributed by atoms with Gasteiger partial charge in [0.25, 0.3) is 5.91 Å². The summed E-state index contributed by atoms with van der Waals surface area (Å²) in [5.41, 5.74) is 3.91. The van der Waals surface area contributed by atoms with Crippen LogP contribution in [-0.2, 0) is 6.54 Å². The zero-order valence-electron chi connectivity index (χ0n) is 11.5. The SMILES string of the molecule is NNC(=O)c1ccc(CN2C3CCC2CC(O)C3)cc1. The molecule has 1 aromatic rings. The minimum atomic E-state index is -0.266. The van der Waals surface area contributed by atoms with E-state index in [9.17, 15) is 9.90 Å². The minimum Gasteiger partial charge on any atom is -0.393 e. The van der Waals surface area contributed by atoms with Crippen LogP contribution in [-0.4, -0.2) is 34.1 Å². The zero-order chi connectivity index (χ0) is 14.1. The number of fused-ring (bicyclic) bond motifs is 2. The Labute approximate surface area is 118 Å². The first-order valence-electron chi connectivity index (χ1n) is 7.21. The topological polar surface area (TPSA) is 78.6 Å². The number of hydrogen-bond donors (Lipinski definition) is 3. The second-order valence-electron chi connectivity index (χ2n) is 5.85. The molecule has 0 radical (unpaired) electrons. The van der Waals surface area contributed by atoms with Crippen LogP contribution in [0.25, 0.3) is 0 Å². The molecule has 2 aliphatic rings. The van der Waals surface area contributed by atoms with E-state index in [0.29, 0.717) is 17.6 Å². The molecule has 0 saturated carbocycles. The fourth-order valence-electron chi connectivity index (χ4n) is 3.56. The lowest BCUT2D eigenvalue weighted by atomic mass is 9.99. The molecular formula is C15H21N3O2. The third-order valence-corrected chi connectivity index (χ3v) is 4.57. The van der Waals surface area contributed by atoms with E-state index in [4.69, 9.17) is 5.84 Å². The van der Waals surface area contributed by atoms with E-state index >= 15 is 0 Å². The van der Waals surface area contributed by atoms with Gasteiger partial charge in [0.15, 0.2) is 0 Å². The van der Waals surface area contributed by atoms with Crippen molar-refractivity contribution in [3.05, 3.63) is 35.4 Å². The van der Waals surface area contributed by atoms with Gasteiger partial charge in [-0.25, -0.2) is 5.84 Å². The molecule has 108 valence electrons. The second-order valence-corrected chi connectivity index (χ2v) is 5.85. The van der Waals surface area contributed by atoms with Crippen molar-refractivity contribution >= 4 is 5.91 Å². The van der Waals surface area contributed by atoms with Gasteiger partial charge in [-0.3, -0.25) is 15.1 Å². The standard InChI is InChI=1S/C15H21N3O2/c16-17-15(20)11-3-1-10(2-4-11)9-18-12-5-6-13(18)8-14(19)7-12/h1-4,12-14,19H,5-9,16H2,(H,17,20). The summed E-state index contributed by atoms with van der Waals surface area (Å²) in [6.07, 6.45) is 4.04. The highest BCUT2D eigenvalue weighted by atomic mass is 16.3. The first-order valence-corrected chi connectivity index (χ1v) is 7.21. The van der Waals surface area contributed by atoms with Gasteiger partial charge in [0.1, 0.15) is 0 Å². The Hall–Kier alpha value is -1.43. The predicted molar refractivity (Wildman–Crippen MR) is 75.7 cm³/mol. The van der Waals surface area contributed by atoms with Crippen molar-refractivity contribution in [1.82, 2.24) is 10.3 Å². The van der Waals surface area contributed by atoms with Crippen molar-refractivity contribution in [2.24, 2.45) is 5.84 Å². The van der Waals surface area contributed by atoms with Gasteiger partial charge in [-0.1, -0.05) is 12.1 Å². The number of rotatable bonds is 3. The van der Waals surface area contributed by atoms with E-state index in [1.165, 1.54) is 18.4 Å². The number of nitrogens with one attached hydrogen (secondary N) is 1. The Kier molecular flexibility index (Phi) is 3.74. The van der Waals surface area contributed by atoms with Crippen molar-refractivity contribution in [3.8, 4) is 0 Å². The van der Waals surface area contributed by atoms with Gasteiger partial charge in [0, 0.05) is 24.2 Å². The van der Waals surface area contributed by atoms with Gasteiger partial charge in [0.05, 0.1) is 6.10 Å². The van der Waals surface area contributed by atoms with E-state index in [-0.39, 0.29) is 12.0 Å². The molecule has 2 saturated heterocycles. The van der Waals surface area contributed by atoms with Crippen LogP contribution in [0.1, 0.15) is 41.6 Å². The molecule has 3 rings (SSSR count). The maximum Gasteiger partial charge on any atom is 0.265 e. The fraction of sp³-hybridized carbons (Fsp3) is 0.533. The van der Waals surface area contributed by atoms with Crippen molar-refractivity contribution < 1.29 is 9.90 Å². The van der Waals surface area contributed by atoms with E-state index in [0.717, 1.165) is 19.4 Å². The lowest BCUT2D eigenvalue weighted by Gasteiger charge is -2.37. The third-order valence-electron chi connectivity index (χ3n) is 4.57. The Morgan fingerprint density at radius 3 is 2.40 bits per heavy atom. The van der Waals surface area contributed by atoms with Gasteiger partial charge in [-0.05, 0) is 43.4 Å². The molecule has 2 heterocycles. The van der Waals surface area contributed by atoms with Crippen LogP contribution in [0.2, 0.25) is 0 Å². The molecule has 2 fully saturated rings. The smallest absolute Gasteiger partial charge is 0.265 e. The minimum absolute atomic E-state index is 0.126. The van der Waals surface area contributed by atoms with Gasteiger partial charge in [0.2, 0.25) is 0 Å². The molecule has 4 N–H and O–H groups in total. The van der Waals surface area contributed by atoms with E-state index in [2.05, 4.69) is 10.3 Å². The molecule has 2 atom stereocenters. The average molecular weight is 275 g/mol. The molecular weight excluding hydrogens is 254 g/mol.